The van der Waals surface area contributed by atoms with Gasteiger partial charge in [0.05, 0.1) is 19.3 Å². The molecule has 168 valence electrons. The Bertz CT molecular complexity index is 862. The molecule has 1 amide bonds. The van der Waals surface area contributed by atoms with E-state index in [1.54, 1.807) is 19.0 Å². The smallest absolute Gasteiger partial charge is 0.253 e. The third-order valence-corrected chi connectivity index (χ3v) is 4.62. The van der Waals surface area contributed by atoms with Gasteiger partial charge in [0.2, 0.25) is 0 Å². The fourth-order valence-corrected chi connectivity index (χ4v) is 3.04. The second kappa shape index (κ2) is 12.7. The van der Waals surface area contributed by atoms with Gasteiger partial charge in [-0.25, -0.2) is 4.99 Å². The normalized spacial score (nSPS) is 11.5. The van der Waals surface area contributed by atoms with E-state index in [0.717, 1.165) is 42.2 Å². The predicted octanol–water partition coefficient (Wildman–Crippen LogP) is 3.61. The summed E-state index contributed by atoms with van der Waals surface area (Å²) in [5.41, 5.74) is 4.14. The average molecular weight is 425 g/mol. The Morgan fingerprint density at radius 2 is 1.74 bits per heavy atom. The van der Waals surface area contributed by atoms with Crippen LogP contribution < -0.4 is 10.6 Å². The van der Waals surface area contributed by atoms with Gasteiger partial charge in [-0.2, -0.15) is 0 Å². The van der Waals surface area contributed by atoms with E-state index >= 15 is 0 Å². The standard InChI is InChI=1S/C25H36N4O2/c1-6-26-25(28-17-21-10-7-11-22(15-21)18-31-19(2)3)27-14-13-20-9-8-12-23(16-20)24(30)29(4)5/h7-12,15-16,19H,6,13-14,17-18H2,1-5H3,(H2,26,27,28). The molecule has 0 aliphatic rings. The van der Waals surface area contributed by atoms with Crippen LogP contribution in [0, 0.1) is 0 Å². The van der Waals surface area contributed by atoms with Crippen LogP contribution in [0.25, 0.3) is 0 Å². The first-order valence-electron chi connectivity index (χ1n) is 10.9. The third kappa shape index (κ3) is 8.80. The Hall–Kier alpha value is -2.86. The lowest BCUT2D eigenvalue weighted by molar-refractivity contribution is 0.0657. The number of hydrogen-bond donors (Lipinski definition) is 2. The fourth-order valence-electron chi connectivity index (χ4n) is 3.04. The van der Waals surface area contributed by atoms with Crippen molar-refractivity contribution in [2.24, 2.45) is 4.99 Å². The molecule has 0 atom stereocenters. The molecule has 0 aliphatic carbocycles. The van der Waals surface area contributed by atoms with Gasteiger partial charge in [0, 0.05) is 32.7 Å². The molecular weight excluding hydrogens is 388 g/mol. The number of guanidine groups is 1. The van der Waals surface area contributed by atoms with Crippen molar-refractivity contribution in [1.82, 2.24) is 15.5 Å². The molecule has 0 heterocycles. The first kappa shape index (κ1) is 24.4. The molecule has 31 heavy (non-hydrogen) atoms. The summed E-state index contributed by atoms with van der Waals surface area (Å²) in [6.07, 6.45) is 1.02. The molecule has 0 saturated heterocycles. The van der Waals surface area contributed by atoms with Gasteiger partial charge in [0.15, 0.2) is 5.96 Å². The molecule has 0 unspecified atom stereocenters. The van der Waals surface area contributed by atoms with Crippen LogP contribution in [0.4, 0.5) is 0 Å². The van der Waals surface area contributed by atoms with Crippen molar-refractivity contribution in [2.45, 2.75) is 46.4 Å². The molecule has 2 rings (SSSR count). The number of hydrogen-bond acceptors (Lipinski definition) is 3. The Morgan fingerprint density at radius 3 is 2.45 bits per heavy atom. The highest BCUT2D eigenvalue weighted by atomic mass is 16.5. The number of aliphatic imine (C=N–C) groups is 1. The molecular formula is C25H36N4O2. The number of ether oxygens (including phenoxy) is 1. The van der Waals surface area contributed by atoms with E-state index in [0.29, 0.717) is 18.7 Å². The summed E-state index contributed by atoms with van der Waals surface area (Å²) in [6, 6.07) is 16.1. The largest absolute Gasteiger partial charge is 0.374 e. The van der Waals surface area contributed by atoms with Crippen molar-refractivity contribution >= 4 is 11.9 Å². The topological polar surface area (TPSA) is 66.0 Å². The van der Waals surface area contributed by atoms with Crippen molar-refractivity contribution in [2.75, 3.05) is 27.2 Å². The second-order valence-corrected chi connectivity index (χ2v) is 7.95. The molecule has 2 aromatic rings. The molecule has 0 spiro atoms. The van der Waals surface area contributed by atoms with Crippen LogP contribution >= 0.6 is 0 Å². The molecule has 0 fully saturated rings. The Labute approximate surface area is 186 Å². The van der Waals surface area contributed by atoms with Gasteiger partial charge in [-0.15, -0.1) is 0 Å². The molecule has 2 N–H and O–H groups in total. The van der Waals surface area contributed by atoms with E-state index < -0.39 is 0 Å². The molecule has 2 aromatic carbocycles. The summed E-state index contributed by atoms with van der Waals surface area (Å²) in [5.74, 6) is 0.803. The van der Waals surface area contributed by atoms with Crippen LogP contribution in [0.15, 0.2) is 53.5 Å². The van der Waals surface area contributed by atoms with Crippen molar-refractivity contribution in [3.63, 3.8) is 0 Å². The second-order valence-electron chi connectivity index (χ2n) is 7.95. The first-order chi connectivity index (χ1) is 14.9. The zero-order chi connectivity index (χ0) is 22.6. The molecule has 0 bridgehead atoms. The SMILES string of the molecule is CCNC(=NCc1cccc(COC(C)C)c1)NCCc1cccc(C(=O)N(C)C)c1. The van der Waals surface area contributed by atoms with E-state index in [4.69, 9.17) is 9.73 Å². The van der Waals surface area contributed by atoms with Gasteiger partial charge in [-0.05, 0) is 56.0 Å². The van der Waals surface area contributed by atoms with Crippen molar-refractivity contribution in [3.05, 3.63) is 70.8 Å². The Kier molecular flexibility index (Phi) is 10.0. The maximum absolute atomic E-state index is 12.2. The number of nitrogens with one attached hydrogen (secondary N) is 2. The van der Waals surface area contributed by atoms with E-state index in [9.17, 15) is 4.79 Å². The summed E-state index contributed by atoms with van der Waals surface area (Å²) in [5, 5.41) is 6.68. The van der Waals surface area contributed by atoms with Crippen LogP contribution in [0.5, 0.6) is 0 Å². The maximum atomic E-state index is 12.2. The van der Waals surface area contributed by atoms with Crippen LogP contribution in [-0.2, 0) is 24.3 Å². The maximum Gasteiger partial charge on any atom is 0.253 e. The van der Waals surface area contributed by atoms with Crippen LogP contribution in [-0.4, -0.2) is 50.1 Å². The molecule has 0 aromatic heterocycles. The number of rotatable bonds is 10. The summed E-state index contributed by atoms with van der Waals surface area (Å²) < 4.78 is 5.69. The highest BCUT2D eigenvalue weighted by Crippen LogP contribution is 2.10. The lowest BCUT2D eigenvalue weighted by Gasteiger charge is -2.13. The van der Waals surface area contributed by atoms with Crippen LogP contribution in [0.1, 0.15) is 47.8 Å². The van der Waals surface area contributed by atoms with Gasteiger partial charge >= 0.3 is 0 Å². The highest BCUT2D eigenvalue weighted by Gasteiger charge is 2.08. The van der Waals surface area contributed by atoms with Gasteiger partial charge in [-0.3, -0.25) is 4.79 Å². The minimum atomic E-state index is 0.0192. The molecule has 6 nitrogen and oxygen atoms in total. The predicted molar refractivity (Wildman–Crippen MR) is 127 cm³/mol. The molecule has 0 radical (unpaired) electrons. The number of nitrogens with zero attached hydrogens (tertiary/aromatic N) is 2. The lowest BCUT2D eigenvalue weighted by atomic mass is 10.1. The first-order valence-corrected chi connectivity index (χ1v) is 10.9. The number of amides is 1. The van der Waals surface area contributed by atoms with Gasteiger partial charge in [-0.1, -0.05) is 36.4 Å². The van der Waals surface area contributed by atoms with Crippen LogP contribution in [0.3, 0.4) is 0 Å². The van der Waals surface area contributed by atoms with E-state index in [1.807, 2.05) is 44.2 Å². The van der Waals surface area contributed by atoms with Gasteiger partial charge < -0.3 is 20.3 Å². The van der Waals surface area contributed by atoms with Gasteiger partial charge in [0.25, 0.3) is 5.91 Å². The van der Waals surface area contributed by atoms with Crippen molar-refractivity contribution in [1.29, 1.82) is 0 Å². The minimum absolute atomic E-state index is 0.0192. The minimum Gasteiger partial charge on any atom is -0.374 e. The van der Waals surface area contributed by atoms with Crippen molar-refractivity contribution < 1.29 is 9.53 Å². The lowest BCUT2D eigenvalue weighted by Crippen LogP contribution is -2.38. The zero-order valence-electron chi connectivity index (χ0n) is 19.4. The fraction of sp³-hybridized carbons (Fsp3) is 0.440. The number of carbonyl (C=O) groups is 1. The quantitative estimate of drug-likeness (QED) is 0.452. The summed E-state index contributed by atoms with van der Waals surface area (Å²) >= 11 is 0. The molecule has 0 aliphatic heterocycles. The summed E-state index contributed by atoms with van der Waals surface area (Å²) in [4.78, 5) is 18.5. The molecule has 0 saturated carbocycles. The molecule has 6 heteroatoms. The van der Waals surface area contributed by atoms with Crippen molar-refractivity contribution in [3.8, 4) is 0 Å². The number of carbonyl (C=O) groups excluding carboxylic acids is 1. The van der Waals surface area contributed by atoms with Crippen LogP contribution in [0.2, 0.25) is 0 Å². The third-order valence-electron chi connectivity index (χ3n) is 4.62. The van der Waals surface area contributed by atoms with E-state index in [2.05, 4.69) is 35.8 Å². The Balaban J connectivity index is 1.93. The van der Waals surface area contributed by atoms with E-state index in [-0.39, 0.29) is 12.0 Å². The average Bonchev–Trinajstić information content (AvgIpc) is 2.76. The highest BCUT2D eigenvalue weighted by molar-refractivity contribution is 5.94. The zero-order valence-corrected chi connectivity index (χ0v) is 19.4. The monoisotopic (exact) mass is 424 g/mol. The summed E-state index contributed by atoms with van der Waals surface area (Å²) in [6.45, 7) is 8.87. The Morgan fingerprint density at radius 1 is 1.03 bits per heavy atom. The van der Waals surface area contributed by atoms with E-state index in [1.165, 1.54) is 0 Å². The van der Waals surface area contributed by atoms with Gasteiger partial charge in [0.1, 0.15) is 0 Å². The summed E-state index contributed by atoms with van der Waals surface area (Å²) in [7, 11) is 3.53. The number of benzene rings is 2.